The van der Waals surface area contributed by atoms with Gasteiger partial charge in [-0.2, -0.15) is 0 Å². The Morgan fingerprint density at radius 3 is 2.54 bits per heavy atom. The molecule has 0 aromatic heterocycles. The van der Waals surface area contributed by atoms with Crippen molar-refractivity contribution < 1.29 is 14.7 Å². The van der Waals surface area contributed by atoms with Crippen molar-refractivity contribution in [3.05, 3.63) is 0 Å². The van der Waals surface area contributed by atoms with Crippen LogP contribution >= 0.6 is 0 Å². The summed E-state index contributed by atoms with van der Waals surface area (Å²) in [6, 6.07) is 0. The Balaban J connectivity index is 2.30. The van der Waals surface area contributed by atoms with Crippen molar-refractivity contribution in [2.24, 2.45) is 11.8 Å². The second-order valence-electron chi connectivity index (χ2n) is 3.96. The van der Waals surface area contributed by atoms with E-state index in [1.54, 1.807) is 6.92 Å². The molecule has 0 saturated heterocycles. The van der Waals surface area contributed by atoms with E-state index in [2.05, 4.69) is 0 Å². The SMILES string of the molecule is C[C@@H](CC1CCC(=O)CC1)C(=O)O. The van der Waals surface area contributed by atoms with Crippen LogP contribution in [0.25, 0.3) is 0 Å². The number of hydrogen-bond donors (Lipinski definition) is 1. The number of Topliss-reactive ketones (excluding diaryl/α,β-unsaturated/α-hetero) is 1. The summed E-state index contributed by atoms with van der Waals surface area (Å²) in [6.45, 7) is 1.73. The van der Waals surface area contributed by atoms with Gasteiger partial charge in [-0.15, -0.1) is 0 Å². The molecule has 0 amide bonds. The number of carboxylic acid groups (broad SMARTS) is 1. The molecule has 3 heteroatoms. The fraction of sp³-hybridized carbons (Fsp3) is 0.800. The first-order chi connectivity index (χ1) is 6.09. The Hall–Kier alpha value is -0.860. The molecule has 0 aliphatic heterocycles. The fourth-order valence-corrected chi connectivity index (χ4v) is 1.84. The number of carbonyl (C=O) groups is 2. The van der Waals surface area contributed by atoms with Crippen LogP contribution in [-0.4, -0.2) is 16.9 Å². The largest absolute Gasteiger partial charge is 0.481 e. The number of aliphatic carboxylic acids is 1. The Labute approximate surface area is 78.1 Å². The summed E-state index contributed by atoms with van der Waals surface area (Å²) in [4.78, 5) is 21.5. The van der Waals surface area contributed by atoms with Gasteiger partial charge in [-0.05, 0) is 25.2 Å². The average Bonchev–Trinajstić information content (AvgIpc) is 2.08. The highest BCUT2D eigenvalue weighted by Gasteiger charge is 2.22. The first-order valence-electron chi connectivity index (χ1n) is 4.84. The smallest absolute Gasteiger partial charge is 0.306 e. The van der Waals surface area contributed by atoms with Crippen molar-refractivity contribution in [1.82, 2.24) is 0 Å². The highest BCUT2D eigenvalue weighted by molar-refractivity contribution is 5.79. The van der Waals surface area contributed by atoms with Gasteiger partial charge in [-0.25, -0.2) is 0 Å². The van der Waals surface area contributed by atoms with Gasteiger partial charge in [-0.1, -0.05) is 6.92 Å². The van der Waals surface area contributed by atoms with Crippen LogP contribution < -0.4 is 0 Å². The van der Waals surface area contributed by atoms with Crippen molar-refractivity contribution in [2.75, 3.05) is 0 Å². The summed E-state index contributed by atoms with van der Waals surface area (Å²) in [5.41, 5.74) is 0. The summed E-state index contributed by atoms with van der Waals surface area (Å²) >= 11 is 0. The predicted molar refractivity (Wildman–Crippen MR) is 48.4 cm³/mol. The second-order valence-corrected chi connectivity index (χ2v) is 3.96. The maximum Gasteiger partial charge on any atom is 0.306 e. The lowest BCUT2D eigenvalue weighted by Gasteiger charge is -2.22. The topological polar surface area (TPSA) is 54.4 Å². The molecule has 1 saturated carbocycles. The monoisotopic (exact) mass is 184 g/mol. The van der Waals surface area contributed by atoms with Gasteiger partial charge in [0.1, 0.15) is 5.78 Å². The van der Waals surface area contributed by atoms with E-state index in [0.29, 0.717) is 24.5 Å². The van der Waals surface area contributed by atoms with E-state index in [0.717, 1.165) is 19.3 Å². The molecule has 0 unspecified atom stereocenters. The zero-order chi connectivity index (χ0) is 9.84. The van der Waals surface area contributed by atoms with Gasteiger partial charge in [0.05, 0.1) is 5.92 Å². The molecule has 74 valence electrons. The summed E-state index contributed by atoms with van der Waals surface area (Å²) in [5, 5.41) is 8.70. The van der Waals surface area contributed by atoms with Gasteiger partial charge in [0.25, 0.3) is 0 Å². The van der Waals surface area contributed by atoms with Crippen molar-refractivity contribution in [2.45, 2.75) is 39.0 Å². The zero-order valence-corrected chi connectivity index (χ0v) is 7.95. The van der Waals surface area contributed by atoms with Crippen LogP contribution in [0.4, 0.5) is 0 Å². The Bertz CT molecular complexity index is 200. The van der Waals surface area contributed by atoms with Crippen LogP contribution in [0.5, 0.6) is 0 Å². The first-order valence-corrected chi connectivity index (χ1v) is 4.84. The van der Waals surface area contributed by atoms with Crippen molar-refractivity contribution >= 4 is 11.8 Å². The molecule has 13 heavy (non-hydrogen) atoms. The lowest BCUT2D eigenvalue weighted by Crippen LogP contribution is -2.19. The lowest BCUT2D eigenvalue weighted by molar-refractivity contribution is -0.141. The normalized spacial score (nSPS) is 21.5. The quantitative estimate of drug-likeness (QED) is 0.728. The third kappa shape index (κ3) is 3.17. The van der Waals surface area contributed by atoms with Crippen molar-refractivity contribution in [1.29, 1.82) is 0 Å². The lowest BCUT2D eigenvalue weighted by atomic mass is 9.83. The van der Waals surface area contributed by atoms with E-state index in [1.165, 1.54) is 0 Å². The average molecular weight is 184 g/mol. The standard InChI is InChI=1S/C10H16O3/c1-7(10(12)13)6-8-2-4-9(11)5-3-8/h7-8H,2-6H2,1H3,(H,12,13)/t7-/m0/s1. The van der Waals surface area contributed by atoms with Gasteiger partial charge in [-0.3, -0.25) is 9.59 Å². The van der Waals surface area contributed by atoms with E-state index in [4.69, 9.17) is 5.11 Å². The summed E-state index contributed by atoms with van der Waals surface area (Å²) < 4.78 is 0. The third-order valence-corrected chi connectivity index (χ3v) is 2.77. The molecule has 1 aliphatic rings. The number of carboxylic acids is 1. The van der Waals surface area contributed by atoms with Crippen LogP contribution in [0.15, 0.2) is 0 Å². The van der Waals surface area contributed by atoms with Gasteiger partial charge < -0.3 is 5.11 Å². The zero-order valence-electron chi connectivity index (χ0n) is 7.95. The minimum atomic E-state index is -0.725. The van der Waals surface area contributed by atoms with Crippen LogP contribution in [0.3, 0.4) is 0 Å². The minimum Gasteiger partial charge on any atom is -0.481 e. The summed E-state index contributed by atoms with van der Waals surface area (Å²) in [6.07, 6.45) is 3.80. The molecule has 1 rings (SSSR count). The summed E-state index contributed by atoms with van der Waals surface area (Å²) in [7, 11) is 0. The Kier molecular flexibility index (Phi) is 3.46. The van der Waals surface area contributed by atoms with Crippen LogP contribution in [-0.2, 0) is 9.59 Å². The molecule has 3 nitrogen and oxygen atoms in total. The highest BCUT2D eigenvalue weighted by Crippen LogP contribution is 2.27. The van der Waals surface area contributed by atoms with Gasteiger partial charge in [0.2, 0.25) is 0 Å². The predicted octanol–water partition coefficient (Wildman–Crippen LogP) is 1.86. The van der Waals surface area contributed by atoms with Crippen molar-refractivity contribution in [3.8, 4) is 0 Å². The van der Waals surface area contributed by atoms with E-state index < -0.39 is 5.97 Å². The molecule has 0 spiro atoms. The van der Waals surface area contributed by atoms with E-state index in [1.807, 2.05) is 0 Å². The molecule has 1 fully saturated rings. The molecule has 1 aliphatic carbocycles. The molecule has 1 N–H and O–H groups in total. The molecule has 0 aromatic carbocycles. The number of hydrogen-bond acceptors (Lipinski definition) is 2. The molecule has 0 heterocycles. The summed E-state index contributed by atoms with van der Waals surface area (Å²) in [5.74, 6) is -0.210. The third-order valence-electron chi connectivity index (χ3n) is 2.77. The number of carbonyl (C=O) groups excluding carboxylic acids is 1. The Morgan fingerprint density at radius 1 is 1.54 bits per heavy atom. The number of ketones is 1. The second kappa shape index (κ2) is 4.40. The number of rotatable bonds is 3. The van der Waals surface area contributed by atoms with E-state index >= 15 is 0 Å². The van der Waals surface area contributed by atoms with Crippen LogP contribution in [0.2, 0.25) is 0 Å². The maximum absolute atomic E-state index is 10.9. The van der Waals surface area contributed by atoms with Crippen LogP contribution in [0, 0.1) is 11.8 Å². The van der Waals surface area contributed by atoms with E-state index in [9.17, 15) is 9.59 Å². The molecule has 1 atom stereocenters. The maximum atomic E-state index is 10.9. The molecule has 0 aromatic rings. The molecular weight excluding hydrogens is 168 g/mol. The fourth-order valence-electron chi connectivity index (χ4n) is 1.84. The van der Waals surface area contributed by atoms with E-state index in [-0.39, 0.29) is 5.92 Å². The molecule has 0 bridgehead atoms. The first kappa shape index (κ1) is 10.2. The highest BCUT2D eigenvalue weighted by atomic mass is 16.4. The minimum absolute atomic E-state index is 0.266. The molecule has 0 radical (unpaired) electrons. The van der Waals surface area contributed by atoms with Gasteiger partial charge in [0.15, 0.2) is 0 Å². The van der Waals surface area contributed by atoms with Crippen LogP contribution in [0.1, 0.15) is 39.0 Å². The van der Waals surface area contributed by atoms with Crippen molar-refractivity contribution in [3.63, 3.8) is 0 Å². The van der Waals surface area contributed by atoms with Gasteiger partial charge >= 0.3 is 5.97 Å². The Morgan fingerprint density at radius 2 is 2.08 bits per heavy atom. The van der Waals surface area contributed by atoms with Gasteiger partial charge in [0, 0.05) is 12.8 Å². The molecular formula is C10H16O3.